The Balaban J connectivity index is 2.36. The third-order valence-electron chi connectivity index (χ3n) is 3.15. The average Bonchev–Trinajstić information content (AvgIpc) is 2.70. The molecule has 0 saturated carbocycles. The van der Waals surface area contributed by atoms with Gasteiger partial charge in [-0.1, -0.05) is 6.07 Å². The Morgan fingerprint density at radius 1 is 1.35 bits per heavy atom. The highest BCUT2D eigenvalue weighted by Gasteiger charge is 2.20. The lowest BCUT2D eigenvalue weighted by atomic mass is 10.2. The van der Waals surface area contributed by atoms with Gasteiger partial charge in [0, 0.05) is 19.8 Å². The average molecular weight is 275 g/mol. The van der Waals surface area contributed by atoms with Crippen molar-refractivity contribution in [3.63, 3.8) is 0 Å². The number of carboxylic acids is 1. The second-order valence-electron chi connectivity index (χ2n) is 4.85. The summed E-state index contributed by atoms with van der Waals surface area (Å²) in [6.07, 6.45) is 1.78. The van der Waals surface area contributed by atoms with E-state index in [1.54, 1.807) is 18.4 Å². The summed E-state index contributed by atoms with van der Waals surface area (Å²) in [4.78, 5) is 28.8. The fraction of sp³-hybridized carbons (Fsp3) is 0.357. The van der Waals surface area contributed by atoms with Crippen molar-refractivity contribution in [1.29, 1.82) is 0 Å². The number of hydrogen-bond acceptors (Lipinski definition) is 3. The van der Waals surface area contributed by atoms with Gasteiger partial charge < -0.3 is 10.0 Å². The summed E-state index contributed by atoms with van der Waals surface area (Å²) in [6, 6.07) is 3.79. The first-order valence-corrected chi connectivity index (χ1v) is 6.32. The van der Waals surface area contributed by atoms with Gasteiger partial charge in [0.25, 0.3) is 5.91 Å². The van der Waals surface area contributed by atoms with Crippen LogP contribution in [0.2, 0.25) is 0 Å². The Kier molecular flexibility index (Phi) is 3.74. The largest absolute Gasteiger partial charge is 0.481 e. The van der Waals surface area contributed by atoms with E-state index in [0.717, 1.165) is 5.56 Å². The highest BCUT2D eigenvalue weighted by atomic mass is 16.4. The zero-order valence-electron chi connectivity index (χ0n) is 11.8. The molecular weight excluding hydrogens is 258 g/mol. The van der Waals surface area contributed by atoms with Crippen LogP contribution in [0, 0.1) is 13.8 Å². The fourth-order valence-corrected chi connectivity index (χ4v) is 2.07. The predicted molar refractivity (Wildman–Crippen MR) is 73.9 cm³/mol. The molecule has 0 aliphatic carbocycles. The summed E-state index contributed by atoms with van der Waals surface area (Å²) in [7, 11) is 1.60. The standard InChI is InChI=1S/C14H17N3O3/c1-9-4-5-11-15-10(2)13(17(11)8-9)14(20)16(3)7-6-12(18)19/h4-5,8H,6-7H2,1-3H3,(H,18,19). The maximum Gasteiger partial charge on any atom is 0.305 e. The van der Waals surface area contributed by atoms with Crippen LogP contribution in [-0.4, -0.2) is 44.9 Å². The monoisotopic (exact) mass is 275 g/mol. The number of amides is 1. The second kappa shape index (κ2) is 5.32. The van der Waals surface area contributed by atoms with E-state index in [1.807, 2.05) is 25.3 Å². The van der Waals surface area contributed by atoms with Gasteiger partial charge in [0.05, 0.1) is 12.1 Å². The highest BCUT2D eigenvalue weighted by molar-refractivity contribution is 5.94. The van der Waals surface area contributed by atoms with Crippen LogP contribution in [0.3, 0.4) is 0 Å². The number of rotatable bonds is 4. The summed E-state index contributed by atoms with van der Waals surface area (Å²) in [6.45, 7) is 3.89. The van der Waals surface area contributed by atoms with E-state index in [0.29, 0.717) is 17.0 Å². The minimum absolute atomic E-state index is 0.0724. The van der Waals surface area contributed by atoms with Crippen molar-refractivity contribution in [1.82, 2.24) is 14.3 Å². The zero-order valence-corrected chi connectivity index (χ0v) is 11.8. The lowest BCUT2D eigenvalue weighted by molar-refractivity contribution is -0.137. The molecule has 0 aliphatic rings. The molecule has 2 rings (SSSR count). The van der Waals surface area contributed by atoms with E-state index >= 15 is 0 Å². The van der Waals surface area contributed by atoms with E-state index in [-0.39, 0.29) is 18.9 Å². The van der Waals surface area contributed by atoms with Crippen LogP contribution in [0.4, 0.5) is 0 Å². The molecular formula is C14H17N3O3. The van der Waals surface area contributed by atoms with Crippen LogP contribution in [0.1, 0.15) is 28.2 Å². The zero-order chi connectivity index (χ0) is 14.9. The van der Waals surface area contributed by atoms with Crippen LogP contribution in [0.5, 0.6) is 0 Å². The van der Waals surface area contributed by atoms with Crippen molar-refractivity contribution in [3.05, 3.63) is 35.3 Å². The molecule has 20 heavy (non-hydrogen) atoms. The number of aromatic nitrogens is 2. The first kappa shape index (κ1) is 14.0. The second-order valence-corrected chi connectivity index (χ2v) is 4.85. The first-order valence-electron chi connectivity index (χ1n) is 6.32. The summed E-state index contributed by atoms with van der Waals surface area (Å²) in [5.74, 6) is -1.14. The van der Waals surface area contributed by atoms with Gasteiger partial charge in [-0.15, -0.1) is 0 Å². The van der Waals surface area contributed by atoms with Gasteiger partial charge in [0.1, 0.15) is 11.3 Å². The molecule has 0 aromatic carbocycles. The van der Waals surface area contributed by atoms with Gasteiger partial charge in [-0.2, -0.15) is 0 Å². The van der Waals surface area contributed by atoms with Gasteiger partial charge >= 0.3 is 5.97 Å². The lowest BCUT2D eigenvalue weighted by Gasteiger charge is -2.16. The highest BCUT2D eigenvalue weighted by Crippen LogP contribution is 2.15. The van der Waals surface area contributed by atoms with Crippen LogP contribution >= 0.6 is 0 Å². The van der Waals surface area contributed by atoms with Crippen molar-refractivity contribution < 1.29 is 14.7 Å². The molecule has 1 amide bonds. The van der Waals surface area contributed by atoms with Gasteiger partial charge in [-0.05, 0) is 25.5 Å². The molecule has 6 heteroatoms. The predicted octanol–water partition coefficient (Wildman–Crippen LogP) is 1.50. The Morgan fingerprint density at radius 2 is 2.05 bits per heavy atom. The summed E-state index contributed by atoms with van der Waals surface area (Å²) < 4.78 is 1.75. The minimum Gasteiger partial charge on any atom is -0.481 e. The lowest BCUT2D eigenvalue weighted by Crippen LogP contribution is -2.30. The third-order valence-corrected chi connectivity index (χ3v) is 3.15. The Bertz CT molecular complexity index is 676. The normalized spacial score (nSPS) is 10.8. The Hall–Kier alpha value is -2.37. The number of carbonyl (C=O) groups excluding carboxylic acids is 1. The number of carboxylic acid groups (broad SMARTS) is 1. The third kappa shape index (κ3) is 2.64. The molecule has 2 heterocycles. The number of hydrogen-bond donors (Lipinski definition) is 1. The van der Waals surface area contributed by atoms with Gasteiger partial charge in [0.15, 0.2) is 0 Å². The molecule has 1 N–H and O–H groups in total. The number of imidazole rings is 1. The molecule has 0 unspecified atom stereocenters. The first-order chi connectivity index (χ1) is 9.40. The van der Waals surface area contributed by atoms with Gasteiger partial charge in [-0.25, -0.2) is 4.98 Å². The number of pyridine rings is 1. The topological polar surface area (TPSA) is 74.9 Å². The van der Waals surface area contributed by atoms with E-state index in [9.17, 15) is 9.59 Å². The van der Waals surface area contributed by atoms with Gasteiger partial charge in [0.2, 0.25) is 0 Å². The Labute approximate surface area is 116 Å². The van der Waals surface area contributed by atoms with E-state index < -0.39 is 5.97 Å². The molecule has 2 aromatic rings. The fourth-order valence-electron chi connectivity index (χ4n) is 2.07. The quantitative estimate of drug-likeness (QED) is 0.917. The number of carbonyl (C=O) groups is 2. The van der Waals surface area contributed by atoms with E-state index in [1.165, 1.54) is 4.90 Å². The molecule has 0 saturated heterocycles. The SMILES string of the molecule is Cc1ccc2nc(C)c(C(=O)N(C)CCC(=O)O)n2c1. The molecule has 0 atom stereocenters. The smallest absolute Gasteiger partial charge is 0.305 e. The van der Waals surface area contributed by atoms with Crippen molar-refractivity contribution in [3.8, 4) is 0 Å². The number of nitrogens with zero attached hydrogens (tertiary/aromatic N) is 3. The molecule has 6 nitrogen and oxygen atoms in total. The molecule has 0 aliphatic heterocycles. The van der Waals surface area contributed by atoms with E-state index in [2.05, 4.69) is 4.98 Å². The van der Waals surface area contributed by atoms with E-state index in [4.69, 9.17) is 5.11 Å². The maximum absolute atomic E-state index is 12.4. The number of fused-ring (bicyclic) bond motifs is 1. The van der Waals surface area contributed by atoms with Crippen molar-refractivity contribution in [2.75, 3.05) is 13.6 Å². The van der Waals surface area contributed by atoms with Crippen molar-refractivity contribution >= 4 is 17.5 Å². The van der Waals surface area contributed by atoms with Gasteiger partial charge in [-0.3, -0.25) is 14.0 Å². The molecule has 2 aromatic heterocycles. The van der Waals surface area contributed by atoms with Crippen LogP contribution < -0.4 is 0 Å². The molecule has 0 spiro atoms. The van der Waals surface area contributed by atoms with Crippen LogP contribution in [0.15, 0.2) is 18.3 Å². The number of aryl methyl sites for hydroxylation is 2. The summed E-state index contributed by atoms with van der Waals surface area (Å²) in [5, 5.41) is 8.68. The maximum atomic E-state index is 12.4. The molecule has 0 fully saturated rings. The van der Waals surface area contributed by atoms with Crippen molar-refractivity contribution in [2.45, 2.75) is 20.3 Å². The summed E-state index contributed by atoms with van der Waals surface area (Å²) >= 11 is 0. The summed E-state index contributed by atoms with van der Waals surface area (Å²) in [5.41, 5.74) is 2.86. The van der Waals surface area contributed by atoms with Crippen LogP contribution in [0.25, 0.3) is 5.65 Å². The van der Waals surface area contributed by atoms with Crippen LogP contribution in [-0.2, 0) is 4.79 Å². The molecule has 0 radical (unpaired) electrons. The number of aliphatic carboxylic acids is 1. The minimum atomic E-state index is -0.921. The molecule has 106 valence electrons. The van der Waals surface area contributed by atoms with Crippen molar-refractivity contribution in [2.24, 2.45) is 0 Å². The Morgan fingerprint density at radius 3 is 2.70 bits per heavy atom. The molecule has 0 bridgehead atoms.